The first-order valence-corrected chi connectivity index (χ1v) is 11.7. The molecule has 3 aromatic rings. The van der Waals surface area contributed by atoms with Crippen LogP contribution in [0.4, 0.5) is 0 Å². The fourth-order valence-corrected chi connectivity index (χ4v) is 5.28. The molecule has 8 heteroatoms. The Kier molecular flexibility index (Phi) is 6.62. The van der Waals surface area contributed by atoms with Crippen LogP contribution in [0.25, 0.3) is 10.2 Å². The van der Waals surface area contributed by atoms with Crippen LogP contribution in [0.2, 0.25) is 0 Å². The summed E-state index contributed by atoms with van der Waals surface area (Å²) in [6.45, 7) is 7.40. The third-order valence-corrected chi connectivity index (χ3v) is 6.57. The molecule has 3 heterocycles. The number of H-pyrrole nitrogens is 1. The number of aliphatic hydroxyl groups excluding tert-OH is 1. The van der Waals surface area contributed by atoms with Gasteiger partial charge in [-0.2, -0.15) is 0 Å². The van der Waals surface area contributed by atoms with Crippen molar-refractivity contribution in [3.05, 3.63) is 50.8 Å². The molecule has 31 heavy (non-hydrogen) atoms. The van der Waals surface area contributed by atoms with Crippen molar-refractivity contribution in [3.8, 4) is 0 Å². The second kappa shape index (κ2) is 9.24. The van der Waals surface area contributed by atoms with Gasteiger partial charge in [-0.3, -0.25) is 9.69 Å². The number of thiophene rings is 1. The maximum atomic E-state index is 12.9. The van der Waals surface area contributed by atoms with Crippen LogP contribution in [0.5, 0.6) is 0 Å². The molecule has 2 N–H and O–H groups in total. The number of rotatable bonds is 8. The van der Waals surface area contributed by atoms with Crippen LogP contribution in [-0.2, 0) is 30.7 Å². The number of furan rings is 1. The van der Waals surface area contributed by atoms with Gasteiger partial charge in [-0.15, -0.1) is 11.3 Å². The highest BCUT2D eigenvalue weighted by Crippen LogP contribution is 2.33. The molecule has 1 aliphatic rings. The molecule has 0 saturated heterocycles. The number of aromatic nitrogens is 2. The quantitative estimate of drug-likeness (QED) is 0.550. The van der Waals surface area contributed by atoms with Gasteiger partial charge >= 0.3 is 0 Å². The zero-order valence-electron chi connectivity index (χ0n) is 18.4. The summed E-state index contributed by atoms with van der Waals surface area (Å²) >= 11 is 1.65. The molecule has 1 unspecified atom stereocenters. The molecule has 0 amide bonds. The highest BCUT2D eigenvalue weighted by Gasteiger charge is 2.22. The summed E-state index contributed by atoms with van der Waals surface area (Å²) < 4.78 is 11.2. The Morgan fingerprint density at radius 3 is 2.87 bits per heavy atom. The summed E-state index contributed by atoms with van der Waals surface area (Å²) in [4.78, 5) is 24.8. The lowest BCUT2D eigenvalue weighted by Crippen LogP contribution is -2.37. The molecule has 0 saturated carbocycles. The number of hydrogen-bond acceptors (Lipinski definition) is 7. The lowest BCUT2D eigenvalue weighted by molar-refractivity contribution is -0.0577. The maximum Gasteiger partial charge on any atom is 0.259 e. The molecule has 4 rings (SSSR count). The van der Waals surface area contributed by atoms with Crippen molar-refractivity contribution in [2.24, 2.45) is 0 Å². The minimum absolute atomic E-state index is 0.0611. The molecular formula is C23H31N3O4S. The second-order valence-electron chi connectivity index (χ2n) is 9.23. The Hall–Kier alpha value is -2.00. The second-order valence-corrected chi connectivity index (χ2v) is 10.3. The number of aryl methyl sites for hydroxylation is 2. The zero-order chi connectivity index (χ0) is 22.0. The number of hydrogen-bond donors (Lipinski definition) is 2. The number of nitrogens with one attached hydrogen (secondary N) is 1. The number of ether oxygens (including phenoxy) is 1. The van der Waals surface area contributed by atoms with Gasteiger partial charge in [0.1, 0.15) is 16.4 Å². The molecule has 0 spiro atoms. The first kappa shape index (κ1) is 22.2. The lowest BCUT2D eigenvalue weighted by Gasteiger charge is -2.26. The summed E-state index contributed by atoms with van der Waals surface area (Å²) in [6, 6.07) is 3.74. The molecule has 0 bridgehead atoms. The molecule has 0 fully saturated rings. The van der Waals surface area contributed by atoms with E-state index in [0.717, 1.165) is 35.2 Å². The molecule has 7 nitrogen and oxygen atoms in total. The van der Waals surface area contributed by atoms with Crippen LogP contribution < -0.4 is 5.56 Å². The highest BCUT2D eigenvalue weighted by molar-refractivity contribution is 7.18. The SMILES string of the molecule is CC(C)(C)OCC(O)CN(Cc1nc2sc3c(c2c(=O)[nH]1)CCCC3)Cc1ccco1. The van der Waals surface area contributed by atoms with E-state index in [4.69, 9.17) is 14.1 Å². The maximum absolute atomic E-state index is 12.9. The molecular weight excluding hydrogens is 414 g/mol. The molecule has 0 aromatic carbocycles. The Bertz CT molecular complexity index is 1070. The van der Waals surface area contributed by atoms with E-state index in [2.05, 4.69) is 4.98 Å². The average molecular weight is 446 g/mol. The molecule has 168 valence electrons. The first-order valence-electron chi connectivity index (χ1n) is 10.9. The average Bonchev–Trinajstić information content (AvgIpc) is 3.33. The van der Waals surface area contributed by atoms with Crippen molar-refractivity contribution in [1.29, 1.82) is 0 Å². The van der Waals surface area contributed by atoms with Crippen LogP contribution in [0, 0.1) is 0 Å². The van der Waals surface area contributed by atoms with Gasteiger partial charge < -0.3 is 19.2 Å². The van der Waals surface area contributed by atoms with E-state index in [1.165, 1.54) is 16.9 Å². The van der Waals surface area contributed by atoms with Crippen LogP contribution in [-0.4, -0.2) is 44.8 Å². The van der Waals surface area contributed by atoms with Gasteiger partial charge in [0, 0.05) is 11.4 Å². The Labute approximate surface area is 186 Å². The van der Waals surface area contributed by atoms with E-state index in [-0.39, 0.29) is 17.8 Å². The molecule has 1 atom stereocenters. The van der Waals surface area contributed by atoms with Gasteiger partial charge in [-0.1, -0.05) is 0 Å². The van der Waals surface area contributed by atoms with Crippen molar-refractivity contribution >= 4 is 21.6 Å². The fourth-order valence-electron chi connectivity index (χ4n) is 4.00. The van der Waals surface area contributed by atoms with Gasteiger partial charge in [0.05, 0.1) is 43.1 Å². The first-order chi connectivity index (χ1) is 14.8. The molecule has 3 aromatic heterocycles. The third-order valence-electron chi connectivity index (χ3n) is 5.38. The molecule has 1 aliphatic carbocycles. The monoisotopic (exact) mass is 445 g/mol. The van der Waals surface area contributed by atoms with Crippen molar-refractivity contribution in [2.75, 3.05) is 13.2 Å². The minimum atomic E-state index is -0.668. The Morgan fingerprint density at radius 2 is 2.13 bits per heavy atom. The molecule has 0 radical (unpaired) electrons. The summed E-state index contributed by atoms with van der Waals surface area (Å²) in [5, 5.41) is 11.3. The zero-order valence-corrected chi connectivity index (χ0v) is 19.3. The van der Waals surface area contributed by atoms with E-state index in [1.54, 1.807) is 17.6 Å². The van der Waals surface area contributed by atoms with Crippen molar-refractivity contribution in [2.45, 2.75) is 71.2 Å². The predicted molar refractivity (Wildman–Crippen MR) is 121 cm³/mol. The van der Waals surface area contributed by atoms with Crippen molar-refractivity contribution in [3.63, 3.8) is 0 Å². The van der Waals surface area contributed by atoms with Crippen LogP contribution in [0.1, 0.15) is 55.6 Å². The van der Waals surface area contributed by atoms with E-state index >= 15 is 0 Å². The summed E-state index contributed by atoms with van der Waals surface area (Å²) in [5.74, 6) is 1.39. The molecule has 0 aliphatic heterocycles. The van der Waals surface area contributed by atoms with Gasteiger partial charge in [0.2, 0.25) is 0 Å². The van der Waals surface area contributed by atoms with Gasteiger partial charge in [0.25, 0.3) is 5.56 Å². The van der Waals surface area contributed by atoms with E-state index < -0.39 is 6.10 Å². The normalized spacial score (nSPS) is 15.5. The van der Waals surface area contributed by atoms with Gasteiger partial charge in [0.15, 0.2) is 0 Å². The minimum Gasteiger partial charge on any atom is -0.468 e. The Morgan fingerprint density at radius 1 is 1.32 bits per heavy atom. The van der Waals surface area contributed by atoms with Crippen molar-refractivity contribution < 1.29 is 14.3 Å². The van der Waals surface area contributed by atoms with E-state index in [1.807, 2.05) is 37.8 Å². The largest absolute Gasteiger partial charge is 0.468 e. The van der Waals surface area contributed by atoms with Crippen LogP contribution in [0.3, 0.4) is 0 Å². The Balaban J connectivity index is 1.54. The topological polar surface area (TPSA) is 91.6 Å². The standard InChI is InChI=1S/C23H31N3O4S/c1-23(2,3)30-14-15(27)11-26(12-16-7-6-10-29-16)13-19-24-21(28)20-17-8-4-5-9-18(17)31-22(20)25-19/h6-7,10,15,27H,4-5,8-9,11-14H2,1-3H3,(H,24,25,28). The number of nitrogens with zero attached hydrogens (tertiary/aromatic N) is 2. The van der Waals surface area contributed by atoms with Crippen LogP contribution in [0.15, 0.2) is 27.6 Å². The number of aromatic amines is 1. The fraction of sp³-hybridized carbons (Fsp3) is 0.565. The van der Waals surface area contributed by atoms with E-state index in [0.29, 0.717) is 25.5 Å². The van der Waals surface area contributed by atoms with Gasteiger partial charge in [-0.05, 0) is 64.2 Å². The highest BCUT2D eigenvalue weighted by atomic mass is 32.1. The summed E-state index contributed by atoms with van der Waals surface area (Å²) in [7, 11) is 0. The lowest BCUT2D eigenvalue weighted by atomic mass is 9.97. The smallest absolute Gasteiger partial charge is 0.259 e. The van der Waals surface area contributed by atoms with Crippen LogP contribution >= 0.6 is 11.3 Å². The predicted octanol–water partition coefficient (Wildman–Crippen LogP) is 3.63. The summed E-state index contributed by atoms with van der Waals surface area (Å²) in [6.07, 6.45) is 5.27. The summed E-state index contributed by atoms with van der Waals surface area (Å²) in [5.41, 5.74) is 0.811. The van der Waals surface area contributed by atoms with Gasteiger partial charge in [-0.25, -0.2) is 4.98 Å². The van der Waals surface area contributed by atoms with E-state index in [9.17, 15) is 9.90 Å². The number of aliphatic hydroxyl groups is 1. The number of fused-ring (bicyclic) bond motifs is 3. The van der Waals surface area contributed by atoms with Crippen molar-refractivity contribution in [1.82, 2.24) is 14.9 Å². The third kappa shape index (κ3) is 5.63.